The van der Waals surface area contributed by atoms with Crippen molar-refractivity contribution in [2.45, 2.75) is 57.8 Å². The van der Waals surface area contributed by atoms with Gasteiger partial charge >= 0.3 is 0 Å². The molecule has 1 amide bonds. The van der Waals surface area contributed by atoms with Gasteiger partial charge in [0.1, 0.15) is 5.69 Å². The molecule has 33 heavy (non-hydrogen) atoms. The van der Waals surface area contributed by atoms with Crippen molar-refractivity contribution < 1.29 is 4.79 Å². The van der Waals surface area contributed by atoms with Gasteiger partial charge in [0.25, 0.3) is 5.91 Å². The van der Waals surface area contributed by atoms with Gasteiger partial charge in [0.15, 0.2) is 0 Å². The molecule has 0 atom stereocenters. The van der Waals surface area contributed by atoms with E-state index in [1.165, 1.54) is 51.5 Å². The highest BCUT2D eigenvalue weighted by atomic mass is 35.5. The summed E-state index contributed by atoms with van der Waals surface area (Å²) in [7, 11) is 0. The number of hydrogen-bond donors (Lipinski definition) is 2. The molecule has 1 saturated carbocycles. The highest BCUT2D eigenvalue weighted by Crippen LogP contribution is 2.23. The fourth-order valence-electron chi connectivity index (χ4n) is 5.19. The van der Waals surface area contributed by atoms with Crippen LogP contribution < -0.4 is 10.6 Å². The molecule has 2 heterocycles. The Hall–Kier alpha value is -1.69. The largest absolute Gasteiger partial charge is 0.337 e. The monoisotopic (exact) mass is 472 g/mol. The molecule has 0 bridgehead atoms. The molecular formula is C27H41ClN4O. The summed E-state index contributed by atoms with van der Waals surface area (Å²) in [6.45, 7) is 6.23. The van der Waals surface area contributed by atoms with Crippen LogP contribution in [0.3, 0.4) is 0 Å². The number of benzene rings is 1. The molecule has 1 aromatic heterocycles. The summed E-state index contributed by atoms with van der Waals surface area (Å²) in [4.78, 5) is 19.4. The maximum atomic E-state index is 12.9. The molecule has 0 unspecified atom stereocenters. The van der Waals surface area contributed by atoms with E-state index in [0.717, 1.165) is 62.4 Å². The van der Waals surface area contributed by atoms with E-state index < -0.39 is 0 Å². The van der Waals surface area contributed by atoms with Crippen molar-refractivity contribution in [2.75, 3.05) is 39.3 Å². The summed E-state index contributed by atoms with van der Waals surface area (Å²) in [5.41, 5.74) is 1.46. The van der Waals surface area contributed by atoms with Crippen molar-refractivity contribution in [3.8, 4) is 0 Å². The van der Waals surface area contributed by atoms with E-state index >= 15 is 0 Å². The fourth-order valence-corrected chi connectivity index (χ4v) is 5.19. The highest BCUT2D eigenvalue weighted by Gasteiger charge is 2.24. The first-order valence-electron chi connectivity index (χ1n) is 12.9. The summed E-state index contributed by atoms with van der Waals surface area (Å²) in [6, 6.07) is 11.8. The van der Waals surface area contributed by atoms with Crippen LogP contribution in [-0.2, 0) is 0 Å². The van der Waals surface area contributed by atoms with Gasteiger partial charge in [-0.2, -0.15) is 0 Å². The van der Waals surface area contributed by atoms with E-state index in [1.807, 2.05) is 41.3 Å². The Morgan fingerprint density at radius 1 is 0.848 bits per heavy atom. The molecule has 4 rings (SSSR count). The SMILES string of the molecule is Cl.O=C(c1ccc2ccccc2n1)N1CCC(CNCCCCNCC2CCCCC2)CC1. The Morgan fingerprint density at radius 3 is 2.18 bits per heavy atom. The van der Waals surface area contributed by atoms with Crippen molar-refractivity contribution in [2.24, 2.45) is 11.8 Å². The number of fused-ring (bicyclic) bond motifs is 1. The Bertz CT molecular complexity index is 847. The number of aromatic nitrogens is 1. The lowest BCUT2D eigenvalue weighted by atomic mass is 9.89. The van der Waals surface area contributed by atoms with Gasteiger partial charge in [-0.1, -0.05) is 43.5 Å². The Balaban J connectivity index is 0.00000306. The zero-order chi connectivity index (χ0) is 22.0. The van der Waals surface area contributed by atoms with Crippen molar-refractivity contribution in [1.82, 2.24) is 20.5 Å². The van der Waals surface area contributed by atoms with Gasteiger partial charge in [-0.15, -0.1) is 12.4 Å². The molecule has 6 heteroatoms. The van der Waals surface area contributed by atoms with Gasteiger partial charge < -0.3 is 15.5 Å². The van der Waals surface area contributed by atoms with Crippen molar-refractivity contribution in [3.05, 3.63) is 42.1 Å². The third kappa shape index (κ3) is 7.94. The summed E-state index contributed by atoms with van der Waals surface area (Å²) >= 11 is 0. The van der Waals surface area contributed by atoms with E-state index in [1.54, 1.807) is 0 Å². The minimum Gasteiger partial charge on any atom is -0.337 e. The number of rotatable bonds is 10. The van der Waals surface area contributed by atoms with Crippen molar-refractivity contribution in [3.63, 3.8) is 0 Å². The van der Waals surface area contributed by atoms with Crippen LogP contribution in [0.5, 0.6) is 0 Å². The van der Waals surface area contributed by atoms with Gasteiger partial charge in [0.2, 0.25) is 0 Å². The van der Waals surface area contributed by atoms with Gasteiger partial charge in [0.05, 0.1) is 5.52 Å². The molecule has 0 radical (unpaired) electrons. The molecule has 0 spiro atoms. The number of nitrogens with zero attached hydrogens (tertiary/aromatic N) is 2. The van der Waals surface area contributed by atoms with Crippen LogP contribution in [0.15, 0.2) is 36.4 Å². The van der Waals surface area contributed by atoms with Crippen LogP contribution in [0.2, 0.25) is 0 Å². The second kappa shape index (κ2) is 13.9. The number of likely N-dealkylation sites (tertiary alicyclic amines) is 1. The van der Waals surface area contributed by atoms with E-state index in [2.05, 4.69) is 15.6 Å². The molecule has 1 aliphatic heterocycles. The summed E-state index contributed by atoms with van der Waals surface area (Å²) < 4.78 is 0. The number of piperidine rings is 1. The Labute approximate surface area is 205 Å². The molecule has 2 fully saturated rings. The Kier molecular flexibility index (Phi) is 10.9. The molecule has 182 valence electrons. The lowest BCUT2D eigenvalue weighted by Gasteiger charge is -2.32. The van der Waals surface area contributed by atoms with Crippen LogP contribution in [0.4, 0.5) is 0 Å². The summed E-state index contributed by atoms with van der Waals surface area (Å²) in [5.74, 6) is 1.67. The van der Waals surface area contributed by atoms with E-state index in [0.29, 0.717) is 11.6 Å². The molecule has 2 N–H and O–H groups in total. The summed E-state index contributed by atoms with van der Waals surface area (Å²) in [5, 5.41) is 8.39. The number of para-hydroxylation sites is 1. The zero-order valence-corrected chi connectivity index (χ0v) is 20.8. The molecule has 2 aliphatic rings. The average Bonchev–Trinajstić information content (AvgIpc) is 2.86. The fraction of sp³-hybridized carbons (Fsp3) is 0.630. The van der Waals surface area contributed by atoms with Crippen LogP contribution in [0.25, 0.3) is 10.9 Å². The van der Waals surface area contributed by atoms with Gasteiger partial charge in [0, 0.05) is 18.5 Å². The quantitative estimate of drug-likeness (QED) is 0.475. The predicted molar refractivity (Wildman–Crippen MR) is 139 cm³/mol. The third-order valence-corrected chi connectivity index (χ3v) is 7.27. The van der Waals surface area contributed by atoms with Crippen LogP contribution in [0, 0.1) is 11.8 Å². The van der Waals surface area contributed by atoms with E-state index in [9.17, 15) is 4.79 Å². The first-order chi connectivity index (χ1) is 15.8. The third-order valence-electron chi connectivity index (χ3n) is 7.27. The van der Waals surface area contributed by atoms with Crippen molar-refractivity contribution in [1.29, 1.82) is 0 Å². The van der Waals surface area contributed by atoms with Gasteiger partial charge in [-0.3, -0.25) is 4.79 Å². The lowest BCUT2D eigenvalue weighted by molar-refractivity contribution is 0.0684. The number of nitrogens with one attached hydrogen (secondary N) is 2. The maximum absolute atomic E-state index is 12.9. The van der Waals surface area contributed by atoms with Gasteiger partial charge in [-0.05, 0) is 88.7 Å². The zero-order valence-electron chi connectivity index (χ0n) is 19.9. The van der Waals surface area contributed by atoms with E-state index in [4.69, 9.17) is 0 Å². The molecular weight excluding hydrogens is 432 g/mol. The first-order valence-corrected chi connectivity index (χ1v) is 12.9. The maximum Gasteiger partial charge on any atom is 0.272 e. The number of carbonyl (C=O) groups excluding carboxylic acids is 1. The van der Waals surface area contributed by atoms with Crippen LogP contribution in [0.1, 0.15) is 68.3 Å². The molecule has 5 nitrogen and oxygen atoms in total. The topological polar surface area (TPSA) is 57.3 Å². The molecule has 1 aliphatic carbocycles. The molecule has 2 aromatic rings. The average molecular weight is 473 g/mol. The van der Waals surface area contributed by atoms with Crippen LogP contribution >= 0.6 is 12.4 Å². The van der Waals surface area contributed by atoms with Crippen molar-refractivity contribution >= 4 is 29.2 Å². The number of halogens is 1. The van der Waals surface area contributed by atoms with Gasteiger partial charge in [-0.25, -0.2) is 4.98 Å². The standard InChI is InChI=1S/C27H40N4O.ClH/c32-27(26-13-12-24-10-4-5-11-25(24)30-26)31-18-14-23(15-19-31)21-29-17-7-6-16-28-20-22-8-2-1-3-9-22;/h4-5,10-13,22-23,28-29H,1-3,6-9,14-21H2;1H. The number of carbonyl (C=O) groups is 1. The van der Waals surface area contributed by atoms with E-state index in [-0.39, 0.29) is 18.3 Å². The number of unbranched alkanes of at least 4 members (excludes halogenated alkanes) is 1. The second-order valence-corrected chi connectivity index (χ2v) is 9.74. The minimum absolute atomic E-state index is 0. The lowest BCUT2D eigenvalue weighted by Crippen LogP contribution is -2.41. The Morgan fingerprint density at radius 2 is 1.48 bits per heavy atom. The highest BCUT2D eigenvalue weighted by molar-refractivity contribution is 5.94. The first kappa shape index (κ1) is 25.9. The second-order valence-electron chi connectivity index (χ2n) is 9.74. The normalized spacial score (nSPS) is 17.8. The van der Waals surface area contributed by atoms with Crippen LogP contribution in [-0.4, -0.2) is 55.1 Å². The number of amides is 1. The minimum atomic E-state index is 0. The summed E-state index contributed by atoms with van der Waals surface area (Å²) in [6.07, 6.45) is 11.8. The smallest absolute Gasteiger partial charge is 0.272 e. The predicted octanol–water partition coefficient (Wildman–Crippen LogP) is 5.05. The molecule has 1 saturated heterocycles. The molecule has 1 aromatic carbocycles. The number of pyridine rings is 1. The number of hydrogen-bond acceptors (Lipinski definition) is 4.